The van der Waals surface area contributed by atoms with Gasteiger partial charge >= 0.3 is 0 Å². The molecule has 0 fully saturated rings. The van der Waals surface area contributed by atoms with Crippen LogP contribution < -0.4 is 5.32 Å². The molecule has 1 aromatic carbocycles. The molecule has 0 spiro atoms. The maximum absolute atomic E-state index is 12.6. The molecule has 0 radical (unpaired) electrons. The molecule has 0 bridgehead atoms. The van der Waals surface area contributed by atoms with Crippen molar-refractivity contribution in [1.29, 1.82) is 0 Å². The number of hydrogen-bond donors (Lipinski definition) is 1. The number of hydrogen-bond acceptors (Lipinski definition) is 1. The summed E-state index contributed by atoms with van der Waals surface area (Å²) in [6.45, 7) is 3.98. The maximum atomic E-state index is 12.6. The minimum absolute atomic E-state index is 0.0176. The Hall–Kier alpha value is -1.38. The topological polar surface area (TPSA) is 29.1 Å². The summed E-state index contributed by atoms with van der Waals surface area (Å²) in [5, 5.41) is 2.86. The fourth-order valence-corrected chi connectivity index (χ4v) is 1.22. The van der Waals surface area contributed by atoms with E-state index in [4.69, 9.17) is 0 Å². The Balaban J connectivity index is 2.48. The molecule has 1 amide bonds. The third-order valence-corrected chi connectivity index (χ3v) is 2.30. The van der Waals surface area contributed by atoms with Crippen LogP contribution in [0.2, 0.25) is 0 Å². The summed E-state index contributed by atoms with van der Waals surface area (Å²) >= 11 is 0. The standard InChI is InChI=1S/C12H16FNO/c1-3-9(2)14-12(15)8-10-4-6-11(13)7-5-10/h4-7,9H,3,8H2,1-2H3,(H,14,15). The number of carbonyl (C=O) groups is 1. The summed E-state index contributed by atoms with van der Waals surface area (Å²) in [5.41, 5.74) is 0.831. The lowest BCUT2D eigenvalue weighted by molar-refractivity contribution is -0.121. The van der Waals surface area contributed by atoms with E-state index in [1.165, 1.54) is 12.1 Å². The molecule has 82 valence electrons. The molecule has 0 aliphatic rings. The zero-order chi connectivity index (χ0) is 11.3. The molecule has 15 heavy (non-hydrogen) atoms. The number of carbonyl (C=O) groups excluding carboxylic acids is 1. The molecular weight excluding hydrogens is 193 g/mol. The number of benzene rings is 1. The summed E-state index contributed by atoms with van der Waals surface area (Å²) < 4.78 is 12.6. The third-order valence-electron chi connectivity index (χ3n) is 2.30. The smallest absolute Gasteiger partial charge is 0.224 e. The van der Waals surface area contributed by atoms with E-state index < -0.39 is 0 Å². The van der Waals surface area contributed by atoms with Gasteiger partial charge < -0.3 is 5.32 Å². The molecule has 1 N–H and O–H groups in total. The lowest BCUT2D eigenvalue weighted by atomic mass is 10.1. The van der Waals surface area contributed by atoms with Crippen molar-refractivity contribution in [2.75, 3.05) is 0 Å². The summed E-state index contributed by atoms with van der Waals surface area (Å²) in [7, 11) is 0. The first-order valence-corrected chi connectivity index (χ1v) is 5.15. The van der Waals surface area contributed by atoms with Gasteiger partial charge in [0.25, 0.3) is 0 Å². The van der Waals surface area contributed by atoms with Crippen molar-refractivity contribution in [2.45, 2.75) is 32.7 Å². The molecule has 2 nitrogen and oxygen atoms in total. The molecule has 1 rings (SSSR count). The quantitative estimate of drug-likeness (QED) is 0.809. The van der Waals surface area contributed by atoms with Crippen molar-refractivity contribution >= 4 is 5.91 Å². The third kappa shape index (κ3) is 4.11. The second-order valence-corrected chi connectivity index (χ2v) is 3.68. The molecule has 0 saturated carbocycles. The minimum atomic E-state index is -0.277. The second kappa shape index (κ2) is 5.49. The monoisotopic (exact) mass is 209 g/mol. The SMILES string of the molecule is CCC(C)NC(=O)Cc1ccc(F)cc1. The lowest BCUT2D eigenvalue weighted by Crippen LogP contribution is -2.33. The highest BCUT2D eigenvalue weighted by Gasteiger charge is 2.06. The van der Waals surface area contributed by atoms with Crippen LogP contribution in [0, 0.1) is 5.82 Å². The molecule has 1 unspecified atom stereocenters. The average Bonchev–Trinajstić information content (AvgIpc) is 2.21. The van der Waals surface area contributed by atoms with Gasteiger partial charge in [-0.1, -0.05) is 19.1 Å². The van der Waals surface area contributed by atoms with Crippen molar-refractivity contribution in [3.63, 3.8) is 0 Å². The number of rotatable bonds is 4. The first kappa shape index (κ1) is 11.7. The average molecular weight is 209 g/mol. The summed E-state index contributed by atoms with van der Waals surface area (Å²) in [6, 6.07) is 6.19. The van der Waals surface area contributed by atoms with Gasteiger partial charge in [-0.05, 0) is 31.0 Å². The van der Waals surface area contributed by atoms with Crippen LogP contribution in [0.1, 0.15) is 25.8 Å². The van der Waals surface area contributed by atoms with Crippen molar-refractivity contribution in [2.24, 2.45) is 0 Å². The molecule has 0 aromatic heterocycles. The Kier molecular flexibility index (Phi) is 4.28. The van der Waals surface area contributed by atoms with E-state index >= 15 is 0 Å². The predicted molar refractivity (Wildman–Crippen MR) is 58.0 cm³/mol. The first-order valence-electron chi connectivity index (χ1n) is 5.15. The van der Waals surface area contributed by atoms with Gasteiger partial charge in [0.1, 0.15) is 5.82 Å². The first-order chi connectivity index (χ1) is 7.11. The normalized spacial score (nSPS) is 12.2. The van der Waals surface area contributed by atoms with Crippen LogP contribution in [-0.2, 0) is 11.2 Å². The number of nitrogens with one attached hydrogen (secondary N) is 1. The van der Waals surface area contributed by atoms with Crippen molar-refractivity contribution in [3.8, 4) is 0 Å². The van der Waals surface area contributed by atoms with Crippen LogP contribution in [0.3, 0.4) is 0 Å². The molecule has 1 atom stereocenters. The van der Waals surface area contributed by atoms with E-state index in [0.29, 0.717) is 6.42 Å². The fraction of sp³-hybridized carbons (Fsp3) is 0.417. The molecule has 3 heteroatoms. The zero-order valence-electron chi connectivity index (χ0n) is 9.09. The van der Waals surface area contributed by atoms with E-state index in [-0.39, 0.29) is 17.8 Å². The second-order valence-electron chi connectivity index (χ2n) is 3.68. The van der Waals surface area contributed by atoms with Gasteiger partial charge in [0, 0.05) is 6.04 Å². The van der Waals surface area contributed by atoms with Crippen LogP contribution in [0.25, 0.3) is 0 Å². The zero-order valence-corrected chi connectivity index (χ0v) is 9.09. The number of amides is 1. The van der Waals surface area contributed by atoms with Crippen LogP contribution in [0.5, 0.6) is 0 Å². The van der Waals surface area contributed by atoms with Gasteiger partial charge in [-0.25, -0.2) is 4.39 Å². The van der Waals surface area contributed by atoms with Gasteiger partial charge in [-0.3, -0.25) is 4.79 Å². The van der Waals surface area contributed by atoms with Crippen LogP contribution in [-0.4, -0.2) is 11.9 Å². The highest BCUT2D eigenvalue weighted by atomic mass is 19.1. The summed E-state index contributed by atoms with van der Waals surface area (Å²) in [5.74, 6) is -0.294. The Bertz CT molecular complexity index is 321. The fourth-order valence-electron chi connectivity index (χ4n) is 1.22. The molecule has 1 aromatic rings. The summed E-state index contributed by atoms with van der Waals surface area (Å²) in [6.07, 6.45) is 1.22. The highest BCUT2D eigenvalue weighted by molar-refractivity contribution is 5.78. The molecular formula is C12H16FNO. The summed E-state index contributed by atoms with van der Waals surface area (Å²) in [4.78, 5) is 11.5. The van der Waals surface area contributed by atoms with Gasteiger partial charge in [0.05, 0.1) is 6.42 Å². The Morgan fingerprint density at radius 2 is 2.00 bits per heavy atom. The van der Waals surface area contributed by atoms with Gasteiger partial charge in [-0.15, -0.1) is 0 Å². The van der Waals surface area contributed by atoms with Gasteiger partial charge in [0.15, 0.2) is 0 Å². The van der Waals surface area contributed by atoms with Crippen LogP contribution >= 0.6 is 0 Å². The van der Waals surface area contributed by atoms with E-state index in [0.717, 1.165) is 12.0 Å². The Morgan fingerprint density at radius 1 is 1.40 bits per heavy atom. The number of halogens is 1. The van der Waals surface area contributed by atoms with Crippen molar-refractivity contribution in [1.82, 2.24) is 5.32 Å². The molecule has 0 heterocycles. The molecule has 0 aliphatic heterocycles. The maximum Gasteiger partial charge on any atom is 0.224 e. The van der Waals surface area contributed by atoms with Crippen molar-refractivity contribution < 1.29 is 9.18 Å². The van der Waals surface area contributed by atoms with E-state index in [2.05, 4.69) is 5.32 Å². The minimum Gasteiger partial charge on any atom is -0.353 e. The predicted octanol–water partition coefficient (Wildman–Crippen LogP) is 2.28. The Morgan fingerprint density at radius 3 is 2.53 bits per heavy atom. The highest BCUT2D eigenvalue weighted by Crippen LogP contribution is 2.03. The molecule has 0 aliphatic carbocycles. The van der Waals surface area contributed by atoms with Crippen LogP contribution in [0.4, 0.5) is 4.39 Å². The Labute approximate surface area is 89.5 Å². The molecule has 0 saturated heterocycles. The van der Waals surface area contributed by atoms with E-state index in [9.17, 15) is 9.18 Å². The largest absolute Gasteiger partial charge is 0.353 e. The van der Waals surface area contributed by atoms with Crippen LogP contribution in [0.15, 0.2) is 24.3 Å². The van der Waals surface area contributed by atoms with E-state index in [1.54, 1.807) is 12.1 Å². The van der Waals surface area contributed by atoms with Crippen molar-refractivity contribution in [3.05, 3.63) is 35.6 Å². The van der Waals surface area contributed by atoms with Gasteiger partial charge in [-0.2, -0.15) is 0 Å². The lowest BCUT2D eigenvalue weighted by Gasteiger charge is -2.11. The van der Waals surface area contributed by atoms with Gasteiger partial charge in [0.2, 0.25) is 5.91 Å². The van der Waals surface area contributed by atoms with E-state index in [1.807, 2.05) is 13.8 Å².